The number of sulfonamides is 1. The molecule has 1 aliphatic rings. The van der Waals surface area contributed by atoms with Crippen molar-refractivity contribution in [1.82, 2.24) is 14.2 Å². The van der Waals surface area contributed by atoms with Crippen molar-refractivity contribution in [2.45, 2.75) is 17.9 Å². The molecule has 0 unspecified atom stereocenters. The first-order chi connectivity index (χ1) is 20.0. The number of aromatic nitrogens is 1. The predicted molar refractivity (Wildman–Crippen MR) is 149 cm³/mol. The largest absolute Gasteiger partial charge is 0.457 e. The average Bonchev–Trinajstić information content (AvgIpc) is 2.98. The number of alkyl halides is 2. The Morgan fingerprint density at radius 1 is 0.833 bits per heavy atom. The van der Waals surface area contributed by atoms with Crippen LogP contribution >= 0.6 is 0 Å². The van der Waals surface area contributed by atoms with Gasteiger partial charge in [0.15, 0.2) is 0 Å². The van der Waals surface area contributed by atoms with Gasteiger partial charge in [-0.05, 0) is 72.8 Å². The molecule has 0 N–H and O–H groups in total. The Hall–Kier alpha value is -4.42. The van der Waals surface area contributed by atoms with Gasteiger partial charge in [0.1, 0.15) is 28.8 Å². The molecule has 3 aromatic carbocycles. The highest BCUT2D eigenvalue weighted by Gasteiger charge is 2.32. The van der Waals surface area contributed by atoms with Crippen molar-refractivity contribution in [2.75, 3.05) is 26.2 Å². The van der Waals surface area contributed by atoms with Crippen LogP contribution in [0, 0.1) is 5.82 Å². The van der Waals surface area contributed by atoms with Crippen LogP contribution in [0.2, 0.25) is 0 Å². The molecule has 0 bridgehead atoms. The summed E-state index contributed by atoms with van der Waals surface area (Å²) in [6.45, 7) is 0.874. The minimum Gasteiger partial charge on any atom is -0.457 e. The normalized spacial score (nSPS) is 14.4. The molecule has 2 heterocycles. The molecule has 1 aliphatic heterocycles. The van der Waals surface area contributed by atoms with Crippen LogP contribution in [-0.2, 0) is 10.0 Å². The SMILES string of the molecule is CC(F)(F)Oc1cccc(S(=O)(=O)N2CCN(C(=O)c3cccc(-c4ccc(Oc5ccc(F)cc5)cc4)n3)CC2)c1. The molecule has 1 fully saturated rings. The first-order valence-corrected chi connectivity index (χ1v) is 14.4. The van der Waals surface area contributed by atoms with Crippen molar-refractivity contribution < 1.29 is 35.9 Å². The van der Waals surface area contributed by atoms with Crippen LogP contribution in [0.4, 0.5) is 13.2 Å². The molecule has 5 rings (SSSR count). The fourth-order valence-corrected chi connectivity index (χ4v) is 5.85. The number of amides is 1. The quantitative estimate of drug-likeness (QED) is 0.255. The van der Waals surface area contributed by atoms with Crippen molar-refractivity contribution in [3.63, 3.8) is 0 Å². The summed E-state index contributed by atoms with van der Waals surface area (Å²) in [6, 6.07) is 22.8. The number of carbonyl (C=O) groups is 1. The molecule has 0 spiro atoms. The van der Waals surface area contributed by atoms with Crippen molar-refractivity contribution >= 4 is 15.9 Å². The van der Waals surface area contributed by atoms with Crippen molar-refractivity contribution in [3.8, 4) is 28.5 Å². The van der Waals surface area contributed by atoms with E-state index < -0.39 is 16.1 Å². The maximum atomic E-state index is 13.2. The van der Waals surface area contributed by atoms with Gasteiger partial charge in [-0.3, -0.25) is 4.79 Å². The highest BCUT2D eigenvalue weighted by Crippen LogP contribution is 2.27. The zero-order valence-electron chi connectivity index (χ0n) is 22.4. The van der Waals surface area contributed by atoms with Gasteiger partial charge in [0, 0.05) is 44.7 Å². The summed E-state index contributed by atoms with van der Waals surface area (Å²) in [5, 5.41) is 0. The van der Waals surface area contributed by atoms with Gasteiger partial charge in [-0.15, -0.1) is 0 Å². The van der Waals surface area contributed by atoms with E-state index in [0.717, 1.165) is 11.6 Å². The van der Waals surface area contributed by atoms with Crippen molar-refractivity contribution in [1.29, 1.82) is 0 Å². The Balaban J connectivity index is 1.22. The molecule has 8 nitrogen and oxygen atoms in total. The van der Waals surface area contributed by atoms with E-state index in [2.05, 4.69) is 9.72 Å². The van der Waals surface area contributed by atoms with E-state index >= 15 is 0 Å². The Bertz CT molecular complexity index is 1670. The third-order valence-corrected chi connectivity index (χ3v) is 8.33. The van der Waals surface area contributed by atoms with E-state index in [1.165, 1.54) is 51.7 Å². The zero-order chi connectivity index (χ0) is 29.9. The fourth-order valence-electron chi connectivity index (χ4n) is 4.39. The van der Waals surface area contributed by atoms with Crippen LogP contribution in [0.15, 0.2) is 95.9 Å². The Kier molecular flexibility index (Phi) is 8.19. The fraction of sp³-hybridized carbons (Fsp3) is 0.200. The lowest BCUT2D eigenvalue weighted by molar-refractivity contribution is -0.159. The Morgan fingerprint density at radius 3 is 2.10 bits per heavy atom. The lowest BCUT2D eigenvalue weighted by Crippen LogP contribution is -2.50. The maximum Gasteiger partial charge on any atom is 0.394 e. The number of carbonyl (C=O) groups excluding carboxylic acids is 1. The topological polar surface area (TPSA) is 89.0 Å². The monoisotopic (exact) mass is 597 g/mol. The zero-order valence-corrected chi connectivity index (χ0v) is 23.2. The third-order valence-electron chi connectivity index (χ3n) is 6.43. The molecule has 1 amide bonds. The van der Waals surface area contributed by atoms with E-state index in [1.807, 2.05) is 0 Å². The minimum absolute atomic E-state index is 0.0261. The van der Waals surface area contributed by atoms with Crippen LogP contribution < -0.4 is 9.47 Å². The Morgan fingerprint density at radius 2 is 1.45 bits per heavy atom. The van der Waals surface area contributed by atoms with Gasteiger partial charge in [-0.25, -0.2) is 17.8 Å². The van der Waals surface area contributed by atoms with Crippen LogP contribution in [0.25, 0.3) is 11.3 Å². The summed E-state index contributed by atoms with van der Waals surface area (Å²) in [5.74, 6) is 0.0778. The first-order valence-electron chi connectivity index (χ1n) is 13.0. The van der Waals surface area contributed by atoms with Gasteiger partial charge in [0.25, 0.3) is 5.91 Å². The second-order valence-electron chi connectivity index (χ2n) is 9.57. The standard InChI is InChI=1S/C30H26F3N3O5S/c1-30(32,33)41-25-4-2-5-26(20-25)42(38,39)36-18-16-35(17-19-36)29(37)28-7-3-6-27(34-28)21-8-12-23(13-9-21)40-24-14-10-22(31)11-15-24/h2-15,20H,16-19H2,1H3. The van der Waals surface area contributed by atoms with E-state index in [0.29, 0.717) is 24.1 Å². The number of halogens is 3. The van der Waals surface area contributed by atoms with Gasteiger partial charge >= 0.3 is 6.11 Å². The number of piperazine rings is 1. The lowest BCUT2D eigenvalue weighted by atomic mass is 10.1. The van der Waals surface area contributed by atoms with Crippen LogP contribution in [0.5, 0.6) is 17.2 Å². The third kappa shape index (κ3) is 6.89. The molecule has 218 valence electrons. The summed E-state index contributed by atoms with van der Waals surface area (Å²) in [5.41, 5.74) is 1.52. The van der Waals surface area contributed by atoms with Crippen LogP contribution in [0.1, 0.15) is 17.4 Å². The smallest absolute Gasteiger partial charge is 0.394 e. The summed E-state index contributed by atoms with van der Waals surface area (Å²) in [7, 11) is -3.99. The van der Waals surface area contributed by atoms with Crippen molar-refractivity contribution in [2.24, 2.45) is 0 Å². The Labute approximate surface area is 241 Å². The van der Waals surface area contributed by atoms with Gasteiger partial charge in [-0.1, -0.05) is 12.1 Å². The molecule has 42 heavy (non-hydrogen) atoms. The van der Waals surface area contributed by atoms with Gasteiger partial charge < -0.3 is 14.4 Å². The molecule has 12 heteroatoms. The molecule has 1 aromatic heterocycles. The first kappa shape index (κ1) is 29.1. The average molecular weight is 598 g/mol. The van der Waals surface area contributed by atoms with Gasteiger partial charge in [0.05, 0.1) is 10.6 Å². The molecule has 0 atom stereocenters. The number of hydrogen-bond donors (Lipinski definition) is 0. The maximum absolute atomic E-state index is 13.2. The minimum atomic E-state index is -3.99. The second kappa shape index (κ2) is 11.8. The van der Waals surface area contributed by atoms with E-state index in [1.54, 1.807) is 42.5 Å². The number of hydrogen-bond acceptors (Lipinski definition) is 6. The molecule has 4 aromatic rings. The number of rotatable bonds is 8. The van der Waals surface area contributed by atoms with Gasteiger partial charge in [-0.2, -0.15) is 13.1 Å². The number of pyridine rings is 1. The van der Waals surface area contributed by atoms with Crippen molar-refractivity contribution in [3.05, 3.63) is 103 Å². The summed E-state index contributed by atoms with van der Waals surface area (Å²) in [6.07, 6.45) is -3.46. The number of ether oxygens (including phenoxy) is 2. The molecular formula is C30H26F3N3O5S. The van der Waals surface area contributed by atoms with Crippen LogP contribution in [-0.4, -0.2) is 60.8 Å². The van der Waals surface area contributed by atoms with Crippen LogP contribution in [0.3, 0.4) is 0 Å². The number of benzene rings is 3. The highest BCUT2D eigenvalue weighted by atomic mass is 32.2. The summed E-state index contributed by atoms with van der Waals surface area (Å²) >= 11 is 0. The van der Waals surface area contributed by atoms with E-state index in [-0.39, 0.29) is 54.2 Å². The molecule has 0 saturated carbocycles. The second-order valence-corrected chi connectivity index (χ2v) is 11.5. The molecular weight excluding hydrogens is 571 g/mol. The lowest BCUT2D eigenvalue weighted by Gasteiger charge is -2.34. The summed E-state index contributed by atoms with van der Waals surface area (Å²) < 4.78 is 77.3. The summed E-state index contributed by atoms with van der Waals surface area (Å²) in [4.78, 5) is 19.1. The predicted octanol–water partition coefficient (Wildman–Crippen LogP) is 5.82. The van der Waals surface area contributed by atoms with E-state index in [9.17, 15) is 26.4 Å². The van der Waals surface area contributed by atoms with E-state index in [4.69, 9.17) is 4.74 Å². The molecule has 1 saturated heterocycles. The molecule has 0 aliphatic carbocycles. The molecule has 0 radical (unpaired) electrons. The number of nitrogens with zero attached hydrogens (tertiary/aromatic N) is 3. The van der Waals surface area contributed by atoms with Gasteiger partial charge in [0.2, 0.25) is 10.0 Å². The highest BCUT2D eigenvalue weighted by molar-refractivity contribution is 7.89.